The summed E-state index contributed by atoms with van der Waals surface area (Å²) in [6.07, 6.45) is 3.61. The predicted octanol–water partition coefficient (Wildman–Crippen LogP) is 2.68. The number of nitrogens with zero attached hydrogens (tertiary/aromatic N) is 1. The van der Waals surface area contributed by atoms with Crippen molar-refractivity contribution < 1.29 is 9.84 Å². The number of aliphatic hydroxyl groups is 1. The third-order valence-corrected chi connectivity index (χ3v) is 4.00. The first kappa shape index (κ1) is 21.2. The van der Waals surface area contributed by atoms with Crippen molar-refractivity contribution in [2.75, 3.05) is 19.7 Å². The molecule has 1 aromatic carbocycles. The maximum Gasteiger partial charge on any atom is 0.191 e. The predicted molar refractivity (Wildman–Crippen MR) is 109 cm³/mol. The van der Waals surface area contributed by atoms with E-state index in [1.54, 1.807) is 0 Å². The first-order valence-corrected chi connectivity index (χ1v) is 8.62. The van der Waals surface area contributed by atoms with Crippen LogP contribution in [0.25, 0.3) is 0 Å². The number of halogens is 1. The zero-order valence-corrected chi connectivity index (χ0v) is 16.7. The smallest absolute Gasteiger partial charge is 0.191 e. The topological polar surface area (TPSA) is 65.9 Å². The van der Waals surface area contributed by atoms with Crippen molar-refractivity contribution in [2.24, 2.45) is 4.99 Å². The Hall–Kier alpha value is -0.860. The Balaban J connectivity index is 0.00000288. The monoisotopic (exact) mass is 447 g/mol. The van der Waals surface area contributed by atoms with Crippen LogP contribution in [0.4, 0.5) is 0 Å². The van der Waals surface area contributed by atoms with E-state index in [0.717, 1.165) is 38.2 Å². The standard InChI is InChI=1S/C18H29N3O2.HI/c1-2-19-18(21-16-8-10-17(22)11-9-16)20-12-13-23-14-15-6-4-3-5-7-15;/h3-7,16-17,22H,2,8-14H2,1H3,(H2,19,20,21);1H. The molecule has 5 nitrogen and oxygen atoms in total. The summed E-state index contributed by atoms with van der Waals surface area (Å²) >= 11 is 0. The minimum absolute atomic E-state index is 0. The average molecular weight is 447 g/mol. The maximum atomic E-state index is 9.57. The van der Waals surface area contributed by atoms with E-state index in [1.807, 2.05) is 18.2 Å². The third-order valence-electron chi connectivity index (χ3n) is 4.00. The summed E-state index contributed by atoms with van der Waals surface area (Å²) in [5.74, 6) is 0.845. The lowest BCUT2D eigenvalue weighted by Gasteiger charge is -2.27. The second kappa shape index (κ2) is 12.5. The Labute approximate surface area is 162 Å². The molecule has 0 unspecified atom stereocenters. The molecule has 0 amide bonds. The Bertz CT molecular complexity index is 463. The van der Waals surface area contributed by atoms with Crippen LogP contribution in [0.5, 0.6) is 0 Å². The summed E-state index contributed by atoms with van der Waals surface area (Å²) in [5, 5.41) is 16.3. The SMILES string of the molecule is CCNC(=NCCOCc1ccccc1)NC1CCC(O)CC1.I. The number of ether oxygens (including phenoxy) is 1. The van der Waals surface area contributed by atoms with E-state index < -0.39 is 0 Å². The van der Waals surface area contributed by atoms with Crippen LogP contribution in [0.1, 0.15) is 38.2 Å². The summed E-state index contributed by atoms with van der Waals surface area (Å²) in [6.45, 7) is 4.77. The van der Waals surface area contributed by atoms with E-state index in [0.29, 0.717) is 25.8 Å². The van der Waals surface area contributed by atoms with Crippen molar-refractivity contribution in [3.63, 3.8) is 0 Å². The highest BCUT2D eigenvalue weighted by atomic mass is 127. The molecule has 1 aliphatic carbocycles. The number of rotatable bonds is 7. The highest BCUT2D eigenvalue weighted by molar-refractivity contribution is 14.0. The molecule has 1 aliphatic rings. The summed E-state index contributed by atoms with van der Waals surface area (Å²) in [6, 6.07) is 10.6. The number of aliphatic imine (C=N–C) groups is 1. The number of guanidine groups is 1. The van der Waals surface area contributed by atoms with E-state index >= 15 is 0 Å². The van der Waals surface area contributed by atoms with Gasteiger partial charge in [0.05, 0.1) is 25.9 Å². The molecule has 0 bridgehead atoms. The highest BCUT2D eigenvalue weighted by Crippen LogP contribution is 2.18. The second-order valence-corrected chi connectivity index (χ2v) is 5.95. The first-order chi connectivity index (χ1) is 11.3. The van der Waals surface area contributed by atoms with Gasteiger partial charge in [-0.15, -0.1) is 24.0 Å². The fraction of sp³-hybridized carbons (Fsp3) is 0.611. The number of benzene rings is 1. The van der Waals surface area contributed by atoms with Crippen LogP contribution in [0.3, 0.4) is 0 Å². The molecule has 2 rings (SSSR count). The Morgan fingerprint density at radius 1 is 1.21 bits per heavy atom. The molecule has 0 aliphatic heterocycles. The summed E-state index contributed by atoms with van der Waals surface area (Å²) in [5.41, 5.74) is 1.18. The molecule has 0 atom stereocenters. The van der Waals surface area contributed by atoms with Gasteiger partial charge in [-0.25, -0.2) is 0 Å². The molecule has 1 aromatic rings. The van der Waals surface area contributed by atoms with Crippen molar-refractivity contribution in [1.82, 2.24) is 10.6 Å². The minimum Gasteiger partial charge on any atom is -0.393 e. The fourth-order valence-corrected chi connectivity index (χ4v) is 2.72. The zero-order chi connectivity index (χ0) is 16.3. The molecule has 1 fully saturated rings. The van der Waals surface area contributed by atoms with E-state index in [1.165, 1.54) is 5.56 Å². The molecule has 0 radical (unpaired) electrons. The van der Waals surface area contributed by atoms with Crippen molar-refractivity contribution in [3.05, 3.63) is 35.9 Å². The van der Waals surface area contributed by atoms with Gasteiger partial charge in [-0.2, -0.15) is 0 Å². The first-order valence-electron chi connectivity index (χ1n) is 8.62. The maximum absolute atomic E-state index is 9.57. The second-order valence-electron chi connectivity index (χ2n) is 5.95. The molecular weight excluding hydrogens is 417 g/mol. The molecule has 0 aromatic heterocycles. The van der Waals surface area contributed by atoms with Gasteiger partial charge >= 0.3 is 0 Å². The molecule has 0 heterocycles. The quantitative estimate of drug-likeness (QED) is 0.260. The average Bonchev–Trinajstić information content (AvgIpc) is 2.57. The van der Waals surface area contributed by atoms with Gasteiger partial charge in [0.15, 0.2) is 5.96 Å². The van der Waals surface area contributed by atoms with E-state index in [-0.39, 0.29) is 30.1 Å². The molecule has 0 saturated heterocycles. The molecule has 6 heteroatoms. The molecule has 1 saturated carbocycles. The van der Waals surface area contributed by atoms with Crippen LogP contribution in [-0.4, -0.2) is 42.9 Å². The van der Waals surface area contributed by atoms with Gasteiger partial charge in [-0.05, 0) is 38.2 Å². The number of hydrogen-bond donors (Lipinski definition) is 3. The fourth-order valence-electron chi connectivity index (χ4n) is 2.72. The van der Waals surface area contributed by atoms with Gasteiger partial charge in [0.1, 0.15) is 0 Å². The van der Waals surface area contributed by atoms with Crippen LogP contribution >= 0.6 is 24.0 Å². The largest absolute Gasteiger partial charge is 0.393 e. The zero-order valence-electron chi connectivity index (χ0n) is 14.4. The van der Waals surface area contributed by atoms with E-state index in [9.17, 15) is 5.11 Å². The minimum atomic E-state index is -0.126. The molecular formula is C18H30IN3O2. The van der Waals surface area contributed by atoms with Crippen molar-refractivity contribution in [1.29, 1.82) is 0 Å². The normalized spacial score (nSPS) is 21.0. The Kier molecular flexibility index (Phi) is 11.0. The molecule has 24 heavy (non-hydrogen) atoms. The number of nitrogens with one attached hydrogen (secondary N) is 2. The Morgan fingerprint density at radius 3 is 2.58 bits per heavy atom. The van der Waals surface area contributed by atoms with Gasteiger partial charge in [0.25, 0.3) is 0 Å². The number of aliphatic hydroxyl groups excluding tert-OH is 1. The molecule has 136 valence electrons. The van der Waals surface area contributed by atoms with Crippen LogP contribution in [0, 0.1) is 0 Å². The lowest BCUT2D eigenvalue weighted by atomic mass is 9.93. The van der Waals surface area contributed by atoms with Crippen molar-refractivity contribution in [3.8, 4) is 0 Å². The van der Waals surface area contributed by atoms with E-state index in [4.69, 9.17) is 4.74 Å². The summed E-state index contributed by atoms with van der Waals surface area (Å²) in [4.78, 5) is 4.56. The van der Waals surface area contributed by atoms with Crippen LogP contribution in [0.2, 0.25) is 0 Å². The van der Waals surface area contributed by atoms with Crippen LogP contribution in [-0.2, 0) is 11.3 Å². The van der Waals surface area contributed by atoms with Gasteiger partial charge in [-0.1, -0.05) is 30.3 Å². The lowest BCUT2D eigenvalue weighted by Crippen LogP contribution is -2.45. The van der Waals surface area contributed by atoms with Gasteiger partial charge in [-0.3, -0.25) is 4.99 Å². The van der Waals surface area contributed by atoms with Crippen molar-refractivity contribution in [2.45, 2.75) is 51.4 Å². The molecule has 0 spiro atoms. The summed E-state index contributed by atoms with van der Waals surface area (Å²) < 4.78 is 5.66. The van der Waals surface area contributed by atoms with Crippen molar-refractivity contribution >= 4 is 29.9 Å². The van der Waals surface area contributed by atoms with E-state index in [2.05, 4.69) is 34.7 Å². The Morgan fingerprint density at radius 2 is 1.92 bits per heavy atom. The number of hydrogen-bond acceptors (Lipinski definition) is 3. The van der Waals surface area contributed by atoms with Crippen LogP contribution in [0.15, 0.2) is 35.3 Å². The summed E-state index contributed by atoms with van der Waals surface area (Å²) in [7, 11) is 0. The van der Waals surface area contributed by atoms with Gasteiger partial charge < -0.3 is 20.5 Å². The van der Waals surface area contributed by atoms with Gasteiger partial charge in [0.2, 0.25) is 0 Å². The van der Waals surface area contributed by atoms with Crippen LogP contribution < -0.4 is 10.6 Å². The van der Waals surface area contributed by atoms with Gasteiger partial charge in [0, 0.05) is 12.6 Å². The highest BCUT2D eigenvalue weighted by Gasteiger charge is 2.19. The third kappa shape index (κ3) is 8.30. The lowest BCUT2D eigenvalue weighted by molar-refractivity contribution is 0.120. The molecule has 3 N–H and O–H groups in total.